The summed E-state index contributed by atoms with van der Waals surface area (Å²) < 4.78 is 0. The van der Waals surface area contributed by atoms with Crippen molar-refractivity contribution in [2.75, 3.05) is 12.4 Å². The fourth-order valence-corrected chi connectivity index (χ4v) is 3.11. The van der Waals surface area contributed by atoms with Gasteiger partial charge in [-0.2, -0.15) is 0 Å². The predicted octanol–water partition coefficient (Wildman–Crippen LogP) is 4.48. The normalized spacial score (nSPS) is 10.9. The number of halogens is 1. The molecule has 0 aliphatic heterocycles. The van der Waals surface area contributed by atoms with Crippen LogP contribution < -0.4 is 0 Å². The second-order valence-corrected chi connectivity index (χ2v) is 5.81. The number of amides is 1. The average Bonchev–Trinajstić information content (AvgIpc) is 2.37. The van der Waals surface area contributed by atoms with Crippen LogP contribution in [0.3, 0.4) is 0 Å². The van der Waals surface area contributed by atoms with Gasteiger partial charge in [0, 0.05) is 24.0 Å². The molecule has 0 bridgehead atoms. The molecule has 0 saturated heterocycles. The highest BCUT2D eigenvalue weighted by Gasteiger charge is 2.24. The van der Waals surface area contributed by atoms with E-state index in [0.29, 0.717) is 12.4 Å². The van der Waals surface area contributed by atoms with Gasteiger partial charge in [0.15, 0.2) is 0 Å². The maximum Gasteiger partial charge on any atom is 0.254 e. The van der Waals surface area contributed by atoms with E-state index in [1.54, 1.807) is 0 Å². The zero-order valence-corrected chi connectivity index (χ0v) is 14.0. The summed E-state index contributed by atoms with van der Waals surface area (Å²) in [5, 5.41) is 0. The van der Waals surface area contributed by atoms with Crippen LogP contribution in [-0.2, 0) is 0 Å². The van der Waals surface area contributed by atoms with Crippen molar-refractivity contribution in [2.45, 2.75) is 53.5 Å². The molecule has 0 aliphatic rings. The third kappa shape index (κ3) is 3.76. The van der Waals surface area contributed by atoms with Crippen molar-refractivity contribution >= 4 is 17.5 Å². The Hall–Kier alpha value is -1.02. The van der Waals surface area contributed by atoms with Crippen LogP contribution in [0, 0.1) is 20.8 Å². The van der Waals surface area contributed by atoms with E-state index in [-0.39, 0.29) is 11.9 Å². The summed E-state index contributed by atoms with van der Waals surface area (Å²) in [5.74, 6) is 0.598. The fourth-order valence-electron chi connectivity index (χ4n) is 2.93. The first kappa shape index (κ1) is 17.0. The molecule has 0 aliphatic carbocycles. The van der Waals surface area contributed by atoms with Crippen molar-refractivity contribution in [3.63, 3.8) is 0 Å². The van der Waals surface area contributed by atoms with Gasteiger partial charge in [-0.15, -0.1) is 11.6 Å². The molecule has 20 heavy (non-hydrogen) atoms. The number of hydrogen-bond acceptors (Lipinski definition) is 1. The molecule has 1 amide bonds. The largest absolute Gasteiger partial charge is 0.334 e. The average molecular weight is 296 g/mol. The Morgan fingerprint density at radius 3 is 2.05 bits per heavy atom. The van der Waals surface area contributed by atoms with Gasteiger partial charge in [0.1, 0.15) is 0 Å². The van der Waals surface area contributed by atoms with E-state index in [1.165, 1.54) is 5.56 Å². The van der Waals surface area contributed by atoms with Gasteiger partial charge >= 0.3 is 0 Å². The molecule has 2 nitrogen and oxygen atoms in total. The van der Waals surface area contributed by atoms with Crippen molar-refractivity contribution in [3.8, 4) is 0 Å². The molecule has 1 rings (SSSR count). The van der Waals surface area contributed by atoms with Crippen LogP contribution in [0.4, 0.5) is 0 Å². The number of alkyl halides is 1. The quantitative estimate of drug-likeness (QED) is 0.709. The van der Waals surface area contributed by atoms with Gasteiger partial charge < -0.3 is 4.90 Å². The monoisotopic (exact) mass is 295 g/mol. The van der Waals surface area contributed by atoms with Gasteiger partial charge in [0.05, 0.1) is 0 Å². The smallest absolute Gasteiger partial charge is 0.254 e. The van der Waals surface area contributed by atoms with E-state index >= 15 is 0 Å². The SMILES string of the molecule is CCC(CC)N(CCCl)C(=O)c1c(C)cc(C)cc1C. The molecule has 0 spiro atoms. The van der Waals surface area contributed by atoms with Crippen LogP contribution in [0.25, 0.3) is 0 Å². The van der Waals surface area contributed by atoms with Crippen molar-refractivity contribution < 1.29 is 4.79 Å². The zero-order valence-electron chi connectivity index (χ0n) is 13.3. The summed E-state index contributed by atoms with van der Waals surface area (Å²) in [7, 11) is 0. The third-order valence-corrected chi connectivity index (χ3v) is 4.03. The molecule has 0 heterocycles. The van der Waals surface area contributed by atoms with E-state index in [2.05, 4.69) is 32.9 Å². The van der Waals surface area contributed by atoms with Crippen molar-refractivity contribution in [1.82, 2.24) is 4.90 Å². The lowest BCUT2D eigenvalue weighted by Gasteiger charge is -2.31. The molecule has 0 aromatic heterocycles. The molecule has 112 valence electrons. The molecular weight excluding hydrogens is 270 g/mol. The summed E-state index contributed by atoms with van der Waals surface area (Å²) in [6, 6.07) is 4.42. The maximum absolute atomic E-state index is 12.9. The van der Waals surface area contributed by atoms with Crippen molar-refractivity contribution in [3.05, 3.63) is 34.4 Å². The number of carbonyl (C=O) groups is 1. The van der Waals surface area contributed by atoms with Crippen LogP contribution in [0.1, 0.15) is 53.7 Å². The topological polar surface area (TPSA) is 20.3 Å². The highest BCUT2D eigenvalue weighted by Crippen LogP contribution is 2.21. The van der Waals surface area contributed by atoms with Gasteiger partial charge in [-0.05, 0) is 44.7 Å². The molecule has 0 radical (unpaired) electrons. The molecule has 0 N–H and O–H groups in total. The highest BCUT2D eigenvalue weighted by atomic mass is 35.5. The minimum Gasteiger partial charge on any atom is -0.334 e. The van der Waals surface area contributed by atoms with Gasteiger partial charge in [0.2, 0.25) is 0 Å². The van der Waals surface area contributed by atoms with E-state index in [9.17, 15) is 4.79 Å². The van der Waals surface area contributed by atoms with Crippen LogP contribution >= 0.6 is 11.6 Å². The lowest BCUT2D eigenvalue weighted by atomic mass is 9.97. The van der Waals surface area contributed by atoms with Crippen LogP contribution in [-0.4, -0.2) is 29.3 Å². The Kier molecular flexibility index (Phi) is 6.54. The summed E-state index contributed by atoms with van der Waals surface area (Å²) in [6.45, 7) is 10.9. The van der Waals surface area contributed by atoms with Gasteiger partial charge in [0.25, 0.3) is 5.91 Å². The second kappa shape index (κ2) is 7.68. The third-order valence-electron chi connectivity index (χ3n) is 3.86. The van der Waals surface area contributed by atoms with Crippen molar-refractivity contribution in [1.29, 1.82) is 0 Å². The first-order valence-corrected chi connectivity index (χ1v) is 7.94. The second-order valence-electron chi connectivity index (χ2n) is 5.43. The number of aryl methyl sites for hydroxylation is 3. The Morgan fingerprint density at radius 1 is 1.15 bits per heavy atom. The van der Waals surface area contributed by atoms with Crippen molar-refractivity contribution in [2.24, 2.45) is 0 Å². The molecule has 1 aromatic carbocycles. The van der Waals surface area contributed by atoms with E-state index in [4.69, 9.17) is 11.6 Å². The predicted molar refractivity (Wildman–Crippen MR) is 86.8 cm³/mol. The minimum absolute atomic E-state index is 0.120. The van der Waals surface area contributed by atoms with Crippen LogP contribution in [0.5, 0.6) is 0 Å². The van der Waals surface area contributed by atoms with Crippen LogP contribution in [0.15, 0.2) is 12.1 Å². The highest BCUT2D eigenvalue weighted by molar-refractivity contribution is 6.18. The number of nitrogens with zero attached hydrogens (tertiary/aromatic N) is 1. The molecule has 3 heteroatoms. The summed E-state index contributed by atoms with van der Waals surface area (Å²) in [4.78, 5) is 14.9. The zero-order chi connectivity index (χ0) is 15.3. The molecular formula is C17H26ClNO. The first-order chi connectivity index (χ1) is 9.46. The molecule has 1 aromatic rings. The lowest BCUT2D eigenvalue weighted by Crippen LogP contribution is -2.41. The number of hydrogen-bond donors (Lipinski definition) is 0. The van der Waals surface area contributed by atoms with E-state index in [1.807, 2.05) is 18.7 Å². The Balaban J connectivity index is 3.19. The number of benzene rings is 1. The molecule has 0 saturated carbocycles. The molecule has 0 fully saturated rings. The summed E-state index contributed by atoms with van der Waals surface area (Å²) in [6.07, 6.45) is 1.92. The number of rotatable bonds is 6. The Morgan fingerprint density at radius 2 is 1.65 bits per heavy atom. The first-order valence-electron chi connectivity index (χ1n) is 7.40. The Labute approximate surface area is 128 Å². The number of carbonyl (C=O) groups excluding carboxylic acids is 1. The van der Waals surface area contributed by atoms with E-state index < -0.39 is 0 Å². The standard InChI is InChI=1S/C17H26ClNO/c1-6-15(7-2)19(9-8-18)17(20)16-13(4)10-12(3)11-14(16)5/h10-11,15H,6-9H2,1-5H3. The summed E-state index contributed by atoms with van der Waals surface area (Å²) in [5.41, 5.74) is 4.15. The molecule has 0 atom stereocenters. The van der Waals surface area contributed by atoms with Gasteiger partial charge in [-0.3, -0.25) is 4.79 Å². The van der Waals surface area contributed by atoms with Gasteiger partial charge in [-0.1, -0.05) is 31.5 Å². The molecule has 0 unspecified atom stereocenters. The van der Waals surface area contributed by atoms with Gasteiger partial charge in [-0.25, -0.2) is 0 Å². The van der Waals surface area contributed by atoms with E-state index in [0.717, 1.165) is 29.5 Å². The van der Waals surface area contributed by atoms with Crippen LogP contribution in [0.2, 0.25) is 0 Å². The lowest BCUT2D eigenvalue weighted by molar-refractivity contribution is 0.0680. The maximum atomic E-state index is 12.9. The Bertz CT molecular complexity index is 443. The fraction of sp³-hybridized carbons (Fsp3) is 0.588. The summed E-state index contributed by atoms with van der Waals surface area (Å²) >= 11 is 5.90. The minimum atomic E-state index is 0.120.